The lowest BCUT2D eigenvalue weighted by Crippen LogP contribution is -2.17. The molecule has 0 nitrogen and oxygen atoms in total. The number of alkyl halides is 1. The Morgan fingerprint density at radius 3 is 2.22 bits per heavy atom. The Kier molecular flexibility index (Phi) is 4.08. The van der Waals surface area contributed by atoms with Gasteiger partial charge < -0.3 is 0 Å². The Balaban J connectivity index is 1.89. The average molecular weight is 307 g/mol. The van der Waals surface area contributed by atoms with Crippen molar-refractivity contribution in [2.24, 2.45) is 0 Å². The van der Waals surface area contributed by atoms with Gasteiger partial charge in [0, 0.05) is 4.83 Å². The van der Waals surface area contributed by atoms with Crippen molar-refractivity contribution in [2.45, 2.75) is 68.0 Å². The first-order chi connectivity index (χ1) is 8.86. The molecule has 98 valence electrons. The van der Waals surface area contributed by atoms with Gasteiger partial charge in [-0.25, -0.2) is 0 Å². The molecule has 1 heteroatoms. The zero-order valence-electron chi connectivity index (χ0n) is 11.1. The van der Waals surface area contributed by atoms with Gasteiger partial charge in [-0.05, 0) is 48.6 Å². The van der Waals surface area contributed by atoms with Crippen LogP contribution < -0.4 is 0 Å². The summed E-state index contributed by atoms with van der Waals surface area (Å²) in [5.41, 5.74) is 3.33. The highest BCUT2D eigenvalue weighted by molar-refractivity contribution is 9.09. The van der Waals surface area contributed by atoms with Gasteiger partial charge in [0.1, 0.15) is 0 Å². The summed E-state index contributed by atoms with van der Waals surface area (Å²) in [7, 11) is 0. The van der Waals surface area contributed by atoms with Crippen LogP contribution in [-0.2, 0) is 0 Å². The summed E-state index contributed by atoms with van der Waals surface area (Å²) >= 11 is 3.96. The molecule has 0 N–H and O–H groups in total. The minimum Gasteiger partial charge on any atom is -0.0884 e. The topological polar surface area (TPSA) is 0 Å². The van der Waals surface area contributed by atoms with Crippen LogP contribution in [0, 0.1) is 0 Å². The van der Waals surface area contributed by atoms with Gasteiger partial charge in [0.05, 0.1) is 0 Å². The molecule has 2 atom stereocenters. The van der Waals surface area contributed by atoms with Crippen molar-refractivity contribution < 1.29 is 0 Å². The van der Waals surface area contributed by atoms with Gasteiger partial charge in [0.25, 0.3) is 0 Å². The van der Waals surface area contributed by atoms with Gasteiger partial charge >= 0.3 is 0 Å². The van der Waals surface area contributed by atoms with E-state index in [4.69, 9.17) is 0 Å². The molecule has 18 heavy (non-hydrogen) atoms. The van der Waals surface area contributed by atoms with Crippen LogP contribution in [0.4, 0.5) is 0 Å². The van der Waals surface area contributed by atoms with Crippen molar-refractivity contribution in [2.75, 3.05) is 0 Å². The maximum atomic E-state index is 3.96. The number of halogens is 1. The number of benzene rings is 1. The molecule has 2 fully saturated rings. The third-order valence-corrected chi connectivity index (χ3v) is 5.97. The van der Waals surface area contributed by atoms with Crippen LogP contribution in [0.1, 0.15) is 74.3 Å². The Hall–Kier alpha value is -0.300. The average Bonchev–Trinajstić information content (AvgIpc) is 2.53. The highest BCUT2D eigenvalue weighted by Crippen LogP contribution is 2.44. The summed E-state index contributed by atoms with van der Waals surface area (Å²) in [5.74, 6) is 1.62. The summed E-state index contributed by atoms with van der Waals surface area (Å²) in [5, 5.41) is 0. The first-order valence-corrected chi connectivity index (χ1v) is 8.50. The molecular formula is C17H23Br. The van der Waals surface area contributed by atoms with E-state index in [-0.39, 0.29) is 0 Å². The van der Waals surface area contributed by atoms with E-state index in [9.17, 15) is 0 Å². The third-order valence-electron chi connectivity index (χ3n) is 4.87. The fourth-order valence-electron chi connectivity index (χ4n) is 3.55. The minimum absolute atomic E-state index is 0.696. The molecule has 2 aliphatic carbocycles. The van der Waals surface area contributed by atoms with Crippen LogP contribution in [0.25, 0.3) is 0 Å². The van der Waals surface area contributed by atoms with E-state index in [1.165, 1.54) is 51.4 Å². The van der Waals surface area contributed by atoms with Crippen LogP contribution >= 0.6 is 15.9 Å². The Bertz CT molecular complexity index is 394. The number of rotatable bonds is 2. The Labute approximate surface area is 119 Å². The van der Waals surface area contributed by atoms with E-state index in [1.54, 1.807) is 11.1 Å². The predicted molar refractivity (Wildman–Crippen MR) is 81.6 cm³/mol. The van der Waals surface area contributed by atoms with E-state index in [2.05, 4.69) is 40.2 Å². The summed E-state index contributed by atoms with van der Waals surface area (Å²) in [6.45, 7) is 0. The fraction of sp³-hybridized carbons (Fsp3) is 0.647. The first kappa shape index (κ1) is 12.7. The summed E-state index contributed by atoms with van der Waals surface area (Å²) in [6.07, 6.45) is 11.2. The van der Waals surface area contributed by atoms with Gasteiger partial charge in [-0.3, -0.25) is 0 Å². The largest absolute Gasteiger partial charge is 0.0884 e. The molecular weight excluding hydrogens is 284 g/mol. The van der Waals surface area contributed by atoms with Crippen LogP contribution in [-0.4, -0.2) is 4.83 Å². The lowest BCUT2D eigenvalue weighted by molar-refractivity contribution is 0.413. The van der Waals surface area contributed by atoms with E-state index in [0.29, 0.717) is 4.83 Å². The SMILES string of the molecule is BrC1CCCCCC1c1ccccc1C1CCC1. The predicted octanol–water partition coefficient (Wildman–Crippen LogP) is 5.77. The summed E-state index contributed by atoms with van der Waals surface area (Å²) in [6, 6.07) is 9.26. The van der Waals surface area contributed by atoms with Crippen LogP contribution in [0.15, 0.2) is 24.3 Å². The highest BCUT2D eigenvalue weighted by Gasteiger charge is 2.28. The molecule has 0 spiro atoms. The maximum absolute atomic E-state index is 3.96. The molecule has 0 aromatic heterocycles. The molecule has 0 heterocycles. The molecule has 0 amide bonds. The van der Waals surface area contributed by atoms with Crippen LogP contribution in [0.3, 0.4) is 0 Å². The monoisotopic (exact) mass is 306 g/mol. The lowest BCUT2D eigenvalue weighted by atomic mass is 9.75. The number of hydrogen-bond acceptors (Lipinski definition) is 0. The van der Waals surface area contributed by atoms with Gasteiger partial charge in [0.15, 0.2) is 0 Å². The Morgan fingerprint density at radius 1 is 0.778 bits per heavy atom. The molecule has 0 radical (unpaired) electrons. The van der Waals surface area contributed by atoms with E-state index in [1.807, 2.05) is 0 Å². The maximum Gasteiger partial charge on any atom is 0.0214 e. The van der Waals surface area contributed by atoms with Crippen molar-refractivity contribution in [1.82, 2.24) is 0 Å². The highest BCUT2D eigenvalue weighted by atomic mass is 79.9. The molecule has 2 unspecified atom stereocenters. The molecule has 1 aromatic rings. The summed E-state index contributed by atoms with van der Waals surface area (Å²) in [4.78, 5) is 0.696. The second-order valence-electron chi connectivity index (χ2n) is 6.02. The van der Waals surface area contributed by atoms with Crippen molar-refractivity contribution in [3.63, 3.8) is 0 Å². The fourth-order valence-corrected chi connectivity index (χ4v) is 4.43. The smallest absolute Gasteiger partial charge is 0.0214 e. The normalized spacial score (nSPS) is 29.6. The Morgan fingerprint density at radius 2 is 1.50 bits per heavy atom. The van der Waals surface area contributed by atoms with Crippen LogP contribution in [0.5, 0.6) is 0 Å². The van der Waals surface area contributed by atoms with Gasteiger partial charge in [-0.2, -0.15) is 0 Å². The number of hydrogen-bond donors (Lipinski definition) is 0. The molecule has 0 saturated heterocycles. The standard InChI is InChI=1S/C17H23Br/c18-17-12-3-1-2-11-16(17)15-10-5-4-9-14(15)13-7-6-8-13/h4-5,9-10,13,16-17H,1-3,6-8,11-12H2. The van der Waals surface area contributed by atoms with E-state index >= 15 is 0 Å². The zero-order valence-corrected chi connectivity index (χ0v) is 12.7. The van der Waals surface area contributed by atoms with Gasteiger partial charge in [-0.1, -0.05) is 65.9 Å². The lowest BCUT2D eigenvalue weighted by Gasteiger charge is -2.31. The van der Waals surface area contributed by atoms with Crippen LogP contribution in [0.2, 0.25) is 0 Å². The molecule has 0 bridgehead atoms. The third kappa shape index (κ3) is 2.52. The molecule has 2 aliphatic rings. The van der Waals surface area contributed by atoms with Crippen molar-refractivity contribution >= 4 is 15.9 Å². The van der Waals surface area contributed by atoms with E-state index in [0.717, 1.165) is 11.8 Å². The second kappa shape index (κ2) is 5.77. The minimum atomic E-state index is 0.696. The molecule has 2 saturated carbocycles. The van der Waals surface area contributed by atoms with Gasteiger partial charge in [0.2, 0.25) is 0 Å². The first-order valence-electron chi connectivity index (χ1n) is 7.59. The van der Waals surface area contributed by atoms with Crippen molar-refractivity contribution in [3.8, 4) is 0 Å². The molecule has 3 rings (SSSR count). The quantitative estimate of drug-likeness (QED) is 0.481. The second-order valence-corrected chi connectivity index (χ2v) is 7.19. The zero-order chi connectivity index (χ0) is 12.4. The molecule has 0 aliphatic heterocycles. The summed E-state index contributed by atoms with van der Waals surface area (Å²) < 4.78 is 0. The molecule has 1 aromatic carbocycles. The van der Waals surface area contributed by atoms with Crippen molar-refractivity contribution in [3.05, 3.63) is 35.4 Å². The van der Waals surface area contributed by atoms with Gasteiger partial charge in [-0.15, -0.1) is 0 Å². The van der Waals surface area contributed by atoms with Crippen molar-refractivity contribution in [1.29, 1.82) is 0 Å². The van der Waals surface area contributed by atoms with E-state index < -0.39 is 0 Å².